The van der Waals surface area contributed by atoms with E-state index in [1.54, 1.807) is 12.1 Å². The molecule has 53 heavy (non-hydrogen) atoms. The number of nitrogens with one attached hydrogen (secondary N) is 3. The third-order valence-corrected chi connectivity index (χ3v) is 11.3. The molecule has 3 aromatic carbocycles. The molecule has 8 rings (SSSR count). The Morgan fingerprint density at radius 1 is 0.811 bits per heavy atom. The van der Waals surface area contributed by atoms with E-state index in [0.717, 1.165) is 80.9 Å². The fourth-order valence-corrected chi connectivity index (χ4v) is 8.65. The lowest BCUT2D eigenvalue weighted by Gasteiger charge is -2.34. The maximum Gasteiger partial charge on any atom is 0.161 e. The number of benzene rings is 3. The number of aromatic nitrogens is 2. The van der Waals surface area contributed by atoms with Crippen molar-refractivity contribution in [2.24, 2.45) is 11.8 Å². The second-order valence-electron chi connectivity index (χ2n) is 14.8. The predicted octanol–water partition coefficient (Wildman–Crippen LogP) is 8.29. The van der Waals surface area contributed by atoms with E-state index >= 15 is 0 Å². The van der Waals surface area contributed by atoms with E-state index in [-0.39, 0.29) is 47.7 Å². The second kappa shape index (κ2) is 14.7. The molecule has 8 heteroatoms. The van der Waals surface area contributed by atoms with Gasteiger partial charge in [-0.1, -0.05) is 54.6 Å². The van der Waals surface area contributed by atoms with Crippen molar-refractivity contribution in [1.29, 1.82) is 0 Å². The van der Waals surface area contributed by atoms with Crippen LogP contribution in [0, 0.1) is 11.8 Å². The number of aromatic amines is 2. The van der Waals surface area contributed by atoms with Gasteiger partial charge in [0.2, 0.25) is 0 Å². The summed E-state index contributed by atoms with van der Waals surface area (Å²) in [7, 11) is 1.53. The lowest BCUT2D eigenvalue weighted by molar-refractivity contribution is -0.129. The number of hydrogen-bond donors (Lipinski definition) is 5. The van der Waals surface area contributed by atoms with Crippen LogP contribution in [0.5, 0.6) is 17.2 Å². The Bertz CT molecular complexity index is 2240. The summed E-state index contributed by atoms with van der Waals surface area (Å²) < 4.78 is 5.54. The Balaban J connectivity index is 1.15. The van der Waals surface area contributed by atoms with Crippen molar-refractivity contribution in [3.8, 4) is 17.2 Å². The molecule has 3 heterocycles. The number of carbonyl (C=O) groups is 2. The zero-order valence-corrected chi connectivity index (χ0v) is 30.0. The number of methoxy groups -OCH3 is 1. The molecule has 0 fully saturated rings. The van der Waals surface area contributed by atoms with Crippen LogP contribution < -0.4 is 10.1 Å². The summed E-state index contributed by atoms with van der Waals surface area (Å²) in [5, 5.41) is 25.3. The number of rotatable bonds is 3. The van der Waals surface area contributed by atoms with E-state index in [4.69, 9.17) is 4.74 Å². The molecule has 0 radical (unpaired) electrons. The highest BCUT2D eigenvalue weighted by Gasteiger charge is 2.38. The molecule has 4 bridgehead atoms. The molecule has 2 aliphatic carbocycles. The van der Waals surface area contributed by atoms with Gasteiger partial charge in [-0.3, -0.25) is 9.59 Å². The normalized spacial score (nSPS) is 20.2. The molecule has 5 N–H and O–H groups in total. The fourth-order valence-electron chi connectivity index (χ4n) is 8.65. The molecule has 0 saturated heterocycles. The number of phenolic OH excluding ortho intramolecular Hbond substituents is 2. The van der Waals surface area contributed by atoms with Crippen LogP contribution in [0.4, 0.5) is 5.82 Å². The quantitative estimate of drug-likeness (QED) is 0.120. The van der Waals surface area contributed by atoms with E-state index in [2.05, 4.69) is 63.8 Å². The first-order valence-corrected chi connectivity index (χ1v) is 18.6. The van der Waals surface area contributed by atoms with Crippen molar-refractivity contribution in [2.45, 2.75) is 57.3 Å². The zero-order chi connectivity index (χ0) is 36.5. The average Bonchev–Trinajstić information content (AvgIpc) is 3.76. The standard InChI is InChI=1S/C45H45N3O5/c1-53-42-23-30-9-12-35(49)25-41(51)43-34(26-48-45-32(14-16-47-45)19-28-4-2-5-29(18-28)20-33(21-30)44(42)52)24-39-37(15-17-46-39)38(43)22-27-8-11-31-6-3-7-40(50)36(31)13-10-27/h2-7,10,13-18,21,23-24,27,38,43,46-48,50,52H,8-9,11-12,19-20,22,25-26H2,1H3/t27-,38+,43+/m0/s1. The van der Waals surface area contributed by atoms with Gasteiger partial charge in [0.15, 0.2) is 11.5 Å². The van der Waals surface area contributed by atoms with Crippen LogP contribution in [-0.4, -0.2) is 45.4 Å². The van der Waals surface area contributed by atoms with Crippen LogP contribution in [0.25, 0.3) is 12.2 Å². The molecule has 1 aliphatic heterocycles. The van der Waals surface area contributed by atoms with Gasteiger partial charge in [0, 0.05) is 66.9 Å². The summed E-state index contributed by atoms with van der Waals surface area (Å²) in [6.07, 6.45) is 14.3. The number of ketones is 2. The van der Waals surface area contributed by atoms with Crippen LogP contribution in [0.15, 0.2) is 90.8 Å². The summed E-state index contributed by atoms with van der Waals surface area (Å²) in [6.45, 7) is 0.442. The van der Waals surface area contributed by atoms with Crippen LogP contribution in [0.1, 0.15) is 81.8 Å². The number of aromatic hydroxyl groups is 2. The van der Waals surface area contributed by atoms with Crippen LogP contribution in [0.3, 0.4) is 0 Å². The summed E-state index contributed by atoms with van der Waals surface area (Å²) in [5.41, 5.74) is 9.96. The summed E-state index contributed by atoms with van der Waals surface area (Å²) in [6, 6.07) is 22.0. The average molecular weight is 708 g/mol. The van der Waals surface area contributed by atoms with Gasteiger partial charge in [0.1, 0.15) is 23.1 Å². The number of allylic oxidation sites excluding steroid dienone is 1. The molecular weight excluding hydrogens is 663 g/mol. The van der Waals surface area contributed by atoms with E-state index in [0.29, 0.717) is 31.6 Å². The Kier molecular flexibility index (Phi) is 9.52. The first-order valence-electron chi connectivity index (χ1n) is 18.6. The first-order chi connectivity index (χ1) is 25.8. The Morgan fingerprint density at radius 2 is 1.62 bits per heavy atom. The third-order valence-electron chi connectivity index (χ3n) is 11.3. The molecule has 2 aromatic heterocycles. The Labute approximate surface area is 309 Å². The van der Waals surface area contributed by atoms with Gasteiger partial charge >= 0.3 is 0 Å². The van der Waals surface area contributed by atoms with E-state index in [9.17, 15) is 19.8 Å². The Morgan fingerprint density at radius 3 is 2.47 bits per heavy atom. The number of aryl methyl sites for hydroxylation is 2. The predicted molar refractivity (Wildman–Crippen MR) is 208 cm³/mol. The van der Waals surface area contributed by atoms with Gasteiger partial charge < -0.3 is 30.2 Å². The summed E-state index contributed by atoms with van der Waals surface area (Å²) in [4.78, 5) is 35.1. The van der Waals surface area contributed by atoms with Crippen molar-refractivity contribution in [2.75, 3.05) is 19.0 Å². The van der Waals surface area contributed by atoms with Gasteiger partial charge in [-0.15, -0.1) is 0 Å². The number of hydrogen-bond acceptors (Lipinski definition) is 6. The maximum atomic E-state index is 14.6. The second-order valence-corrected chi connectivity index (χ2v) is 14.8. The minimum Gasteiger partial charge on any atom is -0.507 e. The lowest BCUT2D eigenvalue weighted by atomic mass is 9.69. The first kappa shape index (κ1) is 34.3. The number of carbonyl (C=O) groups excluding carboxylic acids is 2. The van der Waals surface area contributed by atoms with Gasteiger partial charge in [-0.2, -0.15) is 0 Å². The molecular formula is C45H45N3O5. The molecule has 0 saturated carbocycles. The highest BCUT2D eigenvalue weighted by molar-refractivity contribution is 6.02. The lowest BCUT2D eigenvalue weighted by Crippen LogP contribution is -2.32. The van der Waals surface area contributed by atoms with Crippen molar-refractivity contribution in [1.82, 2.24) is 9.97 Å². The van der Waals surface area contributed by atoms with E-state index < -0.39 is 5.92 Å². The summed E-state index contributed by atoms with van der Waals surface area (Å²) in [5.74, 6) is 1.03. The third kappa shape index (κ3) is 7.18. The molecule has 5 aromatic rings. The highest BCUT2D eigenvalue weighted by atomic mass is 16.5. The number of Topliss-reactive ketones (excluding diaryl/α,β-unsaturated/α-hetero) is 2. The van der Waals surface area contributed by atoms with Crippen molar-refractivity contribution < 1.29 is 24.5 Å². The number of H-pyrrole nitrogens is 2. The van der Waals surface area contributed by atoms with Gasteiger partial charge in [0.05, 0.1) is 13.5 Å². The monoisotopic (exact) mass is 707 g/mol. The molecule has 270 valence electrons. The van der Waals surface area contributed by atoms with Crippen LogP contribution >= 0.6 is 0 Å². The minimum atomic E-state index is -0.486. The van der Waals surface area contributed by atoms with Gasteiger partial charge in [-0.05, 0) is 101 Å². The maximum absolute atomic E-state index is 14.6. The van der Waals surface area contributed by atoms with E-state index in [1.165, 1.54) is 7.11 Å². The van der Waals surface area contributed by atoms with Crippen LogP contribution in [0.2, 0.25) is 0 Å². The van der Waals surface area contributed by atoms with Gasteiger partial charge in [-0.25, -0.2) is 0 Å². The van der Waals surface area contributed by atoms with Crippen LogP contribution in [-0.2, 0) is 35.3 Å². The van der Waals surface area contributed by atoms with Gasteiger partial charge in [0.25, 0.3) is 0 Å². The molecule has 8 nitrogen and oxygen atoms in total. The molecule has 0 spiro atoms. The number of phenols is 2. The Hall–Kier alpha value is -5.76. The van der Waals surface area contributed by atoms with Crippen molar-refractivity contribution in [3.05, 3.63) is 141 Å². The number of fused-ring (bicyclic) bond motifs is 8. The smallest absolute Gasteiger partial charge is 0.161 e. The highest BCUT2D eigenvalue weighted by Crippen LogP contribution is 2.45. The molecule has 3 atom stereocenters. The van der Waals surface area contributed by atoms with E-state index in [1.807, 2.05) is 36.7 Å². The topological polar surface area (TPSA) is 127 Å². The number of ether oxygens (including phenoxy) is 1. The van der Waals surface area contributed by atoms with Crippen molar-refractivity contribution in [3.63, 3.8) is 0 Å². The molecule has 0 unspecified atom stereocenters. The summed E-state index contributed by atoms with van der Waals surface area (Å²) >= 11 is 0. The largest absolute Gasteiger partial charge is 0.507 e. The molecule has 0 amide bonds. The van der Waals surface area contributed by atoms with Crippen molar-refractivity contribution >= 4 is 29.5 Å². The zero-order valence-electron chi connectivity index (χ0n) is 30.0. The number of anilines is 1. The minimum absolute atomic E-state index is 0.0666. The fraction of sp³-hybridized carbons (Fsp3) is 0.289. The molecule has 3 aliphatic rings. The SMILES string of the molecule is COc1cc2cc(c1O)Cc1cccc(c1)Cc1cc[nH]c1NCC1=Cc3[nH]ccc3[C@@H](C[C@@H]3C=Cc4c(O)cccc4CC3)[C@@H]1C(=O)CC(=O)CC2.